The highest BCUT2D eigenvalue weighted by Gasteiger charge is 2.25. The van der Waals surface area contributed by atoms with Gasteiger partial charge in [-0.15, -0.1) is 0 Å². The third-order valence-electron chi connectivity index (χ3n) is 3.47. The van der Waals surface area contributed by atoms with E-state index in [1.54, 1.807) is 0 Å². The molecule has 3 rings (SSSR count). The molecule has 17 heavy (non-hydrogen) atoms. The standard InChI is InChI=1S/C16H16O/c1-3-12-13-6-4-5-7-15(13)17-16-10-11(2)8-9-14(12)16/h4-10,12H,3H2,1-2H3. The summed E-state index contributed by atoms with van der Waals surface area (Å²) < 4.78 is 5.99. The van der Waals surface area contributed by atoms with Crippen LogP contribution in [0.2, 0.25) is 0 Å². The minimum atomic E-state index is 0.468. The van der Waals surface area contributed by atoms with Gasteiger partial charge in [0.1, 0.15) is 11.5 Å². The maximum absolute atomic E-state index is 5.99. The third kappa shape index (κ3) is 1.62. The molecule has 2 aromatic carbocycles. The predicted molar refractivity (Wildman–Crippen MR) is 69.8 cm³/mol. The average molecular weight is 224 g/mol. The molecule has 0 aromatic heterocycles. The first kappa shape index (κ1) is 10.4. The number of para-hydroxylation sites is 1. The Hall–Kier alpha value is -1.76. The fourth-order valence-electron chi connectivity index (χ4n) is 2.61. The molecular formula is C16H16O. The van der Waals surface area contributed by atoms with Gasteiger partial charge < -0.3 is 4.74 Å². The number of ether oxygens (including phenoxy) is 1. The van der Waals surface area contributed by atoms with Gasteiger partial charge in [0, 0.05) is 17.0 Å². The number of hydrogen-bond donors (Lipinski definition) is 0. The van der Waals surface area contributed by atoms with E-state index < -0.39 is 0 Å². The van der Waals surface area contributed by atoms with Gasteiger partial charge in [-0.05, 0) is 31.0 Å². The zero-order valence-corrected chi connectivity index (χ0v) is 10.2. The molecule has 86 valence electrons. The van der Waals surface area contributed by atoms with E-state index in [0.29, 0.717) is 5.92 Å². The van der Waals surface area contributed by atoms with Gasteiger partial charge in [0.25, 0.3) is 0 Å². The molecule has 1 heterocycles. The van der Waals surface area contributed by atoms with Crippen molar-refractivity contribution in [2.75, 3.05) is 0 Å². The highest BCUT2D eigenvalue weighted by atomic mass is 16.5. The van der Waals surface area contributed by atoms with Gasteiger partial charge in [0.15, 0.2) is 0 Å². The van der Waals surface area contributed by atoms with Crippen molar-refractivity contribution in [3.05, 3.63) is 59.2 Å². The van der Waals surface area contributed by atoms with Crippen molar-refractivity contribution in [3.63, 3.8) is 0 Å². The molecule has 1 heteroatoms. The quantitative estimate of drug-likeness (QED) is 0.685. The summed E-state index contributed by atoms with van der Waals surface area (Å²) in [6, 6.07) is 14.9. The Morgan fingerprint density at radius 3 is 2.59 bits per heavy atom. The van der Waals surface area contributed by atoms with Crippen molar-refractivity contribution in [3.8, 4) is 11.5 Å². The van der Waals surface area contributed by atoms with Gasteiger partial charge in [-0.2, -0.15) is 0 Å². The first-order chi connectivity index (χ1) is 8.29. The lowest BCUT2D eigenvalue weighted by Gasteiger charge is -2.27. The Morgan fingerprint density at radius 1 is 1.00 bits per heavy atom. The normalized spacial score (nSPS) is 16.9. The van der Waals surface area contributed by atoms with Crippen LogP contribution in [0.3, 0.4) is 0 Å². The van der Waals surface area contributed by atoms with Crippen LogP contribution in [0.5, 0.6) is 11.5 Å². The van der Waals surface area contributed by atoms with Gasteiger partial charge in [-0.1, -0.05) is 37.3 Å². The van der Waals surface area contributed by atoms with Gasteiger partial charge in [0.05, 0.1) is 0 Å². The lowest BCUT2D eigenvalue weighted by Crippen LogP contribution is -2.09. The lowest BCUT2D eigenvalue weighted by atomic mass is 9.86. The third-order valence-corrected chi connectivity index (χ3v) is 3.47. The molecule has 0 saturated heterocycles. The number of benzene rings is 2. The van der Waals surface area contributed by atoms with E-state index in [1.807, 2.05) is 6.07 Å². The van der Waals surface area contributed by atoms with E-state index in [2.05, 4.69) is 50.2 Å². The molecule has 0 N–H and O–H groups in total. The molecule has 0 amide bonds. The maximum atomic E-state index is 5.99. The second kappa shape index (κ2) is 3.92. The zero-order chi connectivity index (χ0) is 11.8. The second-order valence-electron chi connectivity index (χ2n) is 4.64. The van der Waals surface area contributed by atoms with Crippen molar-refractivity contribution in [1.29, 1.82) is 0 Å². The molecule has 0 radical (unpaired) electrons. The summed E-state index contributed by atoms with van der Waals surface area (Å²) in [6.45, 7) is 4.33. The summed E-state index contributed by atoms with van der Waals surface area (Å²) >= 11 is 0. The second-order valence-corrected chi connectivity index (χ2v) is 4.64. The summed E-state index contributed by atoms with van der Waals surface area (Å²) in [5.74, 6) is 2.50. The van der Waals surface area contributed by atoms with Crippen molar-refractivity contribution < 1.29 is 4.74 Å². The Morgan fingerprint density at radius 2 is 1.76 bits per heavy atom. The topological polar surface area (TPSA) is 9.23 Å². The van der Waals surface area contributed by atoms with Gasteiger partial charge >= 0.3 is 0 Å². The lowest BCUT2D eigenvalue weighted by molar-refractivity contribution is 0.443. The van der Waals surface area contributed by atoms with Crippen LogP contribution in [0.25, 0.3) is 0 Å². The molecule has 0 aliphatic carbocycles. The summed E-state index contributed by atoms with van der Waals surface area (Å²) in [6.07, 6.45) is 1.11. The van der Waals surface area contributed by atoms with Crippen LogP contribution in [0.15, 0.2) is 42.5 Å². The molecule has 1 aliphatic rings. The van der Waals surface area contributed by atoms with E-state index in [9.17, 15) is 0 Å². The predicted octanol–water partition coefficient (Wildman–Crippen LogP) is 4.64. The van der Waals surface area contributed by atoms with Crippen LogP contribution in [-0.4, -0.2) is 0 Å². The molecule has 0 spiro atoms. The first-order valence-electron chi connectivity index (χ1n) is 6.17. The average Bonchev–Trinajstić information content (AvgIpc) is 2.35. The highest BCUT2D eigenvalue weighted by Crippen LogP contribution is 2.45. The van der Waals surface area contributed by atoms with E-state index in [4.69, 9.17) is 4.74 Å². The van der Waals surface area contributed by atoms with Crippen molar-refractivity contribution >= 4 is 0 Å². The Bertz CT molecular complexity index is 557. The van der Waals surface area contributed by atoms with Crippen LogP contribution in [0, 0.1) is 6.92 Å². The fourth-order valence-corrected chi connectivity index (χ4v) is 2.61. The van der Waals surface area contributed by atoms with E-state index in [-0.39, 0.29) is 0 Å². The highest BCUT2D eigenvalue weighted by molar-refractivity contribution is 5.54. The number of hydrogen-bond acceptors (Lipinski definition) is 1. The van der Waals surface area contributed by atoms with Crippen molar-refractivity contribution in [1.82, 2.24) is 0 Å². The number of rotatable bonds is 1. The first-order valence-corrected chi connectivity index (χ1v) is 6.17. The molecule has 2 aromatic rings. The molecule has 0 saturated carbocycles. The molecule has 0 fully saturated rings. The molecule has 0 bridgehead atoms. The van der Waals surface area contributed by atoms with Crippen LogP contribution in [-0.2, 0) is 0 Å². The van der Waals surface area contributed by atoms with E-state index in [0.717, 1.165) is 17.9 Å². The summed E-state index contributed by atoms with van der Waals surface area (Å²) in [5.41, 5.74) is 3.88. The SMILES string of the molecule is CCC1c2ccccc2Oc2cc(C)ccc21. The molecule has 1 nitrogen and oxygen atoms in total. The molecule has 1 atom stereocenters. The largest absolute Gasteiger partial charge is 0.457 e. The van der Waals surface area contributed by atoms with E-state index in [1.165, 1.54) is 16.7 Å². The van der Waals surface area contributed by atoms with Gasteiger partial charge in [-0.3, -0.25) is 0 Å². The number of fused-ring (bicyclic) bond motifs is 2. The van der Waals surface area contributed by atoms with Crippen LogP contribution >= 0.6 is 0 Å². The van der Waals surface area contributed by atoms with Crippen molar-refractivity contribution in [2.45, 2.75) is 26.2 Å². The smallest absolute Gasteiger partial charge is 0.131 e. The monoisotopic (exact) mass is 224 g/mol. The minimum Gasteiger partial charge on any atom is -0.457 e. The summed E-state index contributed by atoms with van der Waals surface area (Å²) in [5, 5.41) is 0. The minimum absolute atomic E-state index is 0.468. The Kier molecular flexibility index (Phi) is 2.40. The van der Waals surface area contributed by atoms with Crippen LogP contribution < -0.4 is 4.74 Å². The number of aryl methyl sites for hydroxylation is 1. The Labute approximate surface area is 102 Å². The molecule has 1 unspecified atom stereocenters. The molecular weight excluding hydrogens is 208 g/mol. The van der Waals surface area contributed by atoms with Gasteiger partial charge in [-0.25, -0.2) is 0 Å². The van der Waals surface area contributed by atoms with Crippen LogP contribution in [0.1, 0.15) is 36.0 Å². The molecule has 1 aliphatic heterocycles. The Balaban J connectivity index is 2.18. The van der Waals surface area contributed by atoms with Gasteiger partial charge in [0.2, 0.25) is 0 Å². The summed E-state index contributed by atoms with van der Waals surface area (Å²) in [4.78, 5) is 0. The fraction of sp³-hybridized carbons (Fsp3) is 0.250. The summed E-state index contributed by atoms with van der Waals surface area (Å²) in [7, 11) is 0. The zero-order valence-electron chi connectivity index (χ0n) is 10.2. The van der Waals surface area contributed by atoms with E-state index >= 15 is 0 Å². The maximum Gasteiger partial charge on any atom is 0.131 e. The van der Waals surface area contributed by atoms with Crippen molar-refractivity contribution in [2.24, 2.45) is 0 Å². The van der Waals surface area contributed by atoms with Crippen LogP contribution in [0.4, 0.5) is 0 Å².